The zero-order chi connectivity index (χ0) is 14.4. The van der Waals surface area contributed by atoms with Crippen LogP contribution in [-0.4, -0.2) is 28.1 Å². The molecule has 1 amide bonds. The first-order valence-corrected chi connectivity index (χ1v) is 9.28. The molecular formula is C13H15N3OS3. The van der Waals surface area contributed by atoms with E-state index in [4.69, 9.17) is 0 Å². The van der Waals surface area contributed by atoms with Crippen LogP contribution in [0.2, 0.25) is 0 Å². The van der Waals surface area contributed by atoms with Gasteiger partial charge in [0.25, 0.3) is 5.91 Å². The average molecular weight is 325 g/mol. The standard InChI is InChI=1S/C13H15N3OS3/c1-3-19-13-16-15-12(20-13)14-11(17)10-6-4-5-9(7-10)8-18-2/h4-7H,3,8H2,1-2H3,(H,14,15,17). The van der Waals surface area contributed by atoms with Gasteiger partial charge in [0.05, 0.1) is 0 Å². The quantitative estimate of drug-likeness (QED) is 0.647. The Morgan fingerprint density at radius 2 is 2.25 bits per heavy atom. The molecule has 20 heavy (non-hydrogen) atoms. The second kappa shape index (κ2) is 7.66. The van der Waals surface area contributed by atoms with Crippen molar-refractivity contribution in [1.29, 1.82) is 0 Å². The van der Waals surface area contributed by atoms with Crippen molar-refractivity contribution in [3.8, 4) is 0 Å². The van der Waals surface area contributed by atoms with Crippen molar-refractivity contribution in [3.05, 3.63) is 35.4 Å². The maximum Gasteiger partial charge on any atom is 0.257 e. The number of thioether (sulfide) groups is 2. The van der Waals surface area contributed by atoms with Crippen molar-refractivity contribution in [3.63, 3.8) is 0 Å². The molecule has 0 aliphatic rings. The van der Waals surface area contributed by atoms with Crippen LogP contribution in [0.1, 0.15) is 22.8 Å². The van der Waals surface area contributed by atoms with E-state index < -0.39 is 0 Å². The van der Waals surface area contributed by atoms with E-state index in [1.165, 1.54) is 11.3 Å². The largest absolute Gasteiger partial charge is 0.296 e. The van der Waals surface area contributed by atoms with E-state index in [1.807, 2.05) is 30.5 Å². The number of nitrogens with zero attached hydrogens (tertiary/aromatic N) is 2. The maximum absolute atomic E-state index is 12.2. The summed E-state index contributed by atoms with van der Waals surface area (Å²) >= 11 is 4.75. The minimum absolute atomic E-state index is 0.142. The number of carbonyl (C=O) groups is 1. The fraction of sp³-hybridized carbons (Fsp3) is 0.308. The summed E-state index contributed by atoms with van der Waals surface area (Å²) in [5, 5.41) is 11.3. The van der Waals surface area contributed by atoms with Gasteiger partial charge in [0.1, 0.15) is 0 Å². The van der Waals surface area contributed by atoms with E-state index in [0.29, 0.717) is 10.7 Å². The Kier molecular flexibility index (Phi) is 5.87. The van der Waals surface area contributed by atoms with Crippen LogP contribution in [0.15, 0.2) is 28.6 Å². The topological polar surface area (TPSA) is 54.9 Å². The highest BCUT2D eigenvalue weighted by Crippen LogP contribution is 2.25. The van der Waals surface area contributed by atoms with Crippen molar-refractivity contribution in [2.75, 3.05) is 17.3 Å². The van der Waals surface area contributed by atoms with Gasteiger partial charge in [0.15, 0.2) is 4.34 Å². The van der Waals surface area contributed by atoms with Gasteiger partial charge >= 0.3 is 0 Å². The molecule has 0 atom stereocenters. The number of anilines is 1. The normalized spacial score (nSPS) is 10.5. The Labute approximate surface area is 130 Å². The summed E-state index contributed by atoms with van der Waals surface area (Å²) < 4.78 is 0.874. The van der Waals surface area contributed by atoms with Crippen molar-refractivity contribution in [1.82, 2.24) is 10.2 Å². The molecule has 1 aromatic heterocycles. The first-order chi connectivity index (χ1) is 9.72. The van der Waals surface area contributed by atoms with Gasteiger partial charge in [-0.05, 0) is 29.7 Å². The molecule has 0 saturated heterocycles. The maximum atomic E-state index is 12.2. The molecule has 4 nitrogen and oxygen atoms in total. The Morgan fingerprint density at radius 3 is 3.00 bits per heavy atom. The van der Waals surface area contributed by atoms with Crippen LogP contribution in [0, 0.1) is 0 Å². The molecule has 0 unspecified atom stereocenters. The molecule has 0 bridgehead atoms. The van der Waals surface area contributed by atoms with Gasteiger partial charge in [0, 0.05) is 11.3 Å². The van der Waals surface area contributed by atoms with Gasteiger partial charge in [-0.1, -0.05) is 42.2 Å². The van der Waals surface area contributed by atoms with E-state index in [9.17, 15) is 4.79 Å². The van der Waals surface area contributed by atoms with Gasteiger partial charge < -0.3 is 0 Å². The number of aromatic nitrogens is 2. The van der Waals surface area contributed by atoms with Crippen molar-refractivity contribution in [2.24, 2.45) is 0 Å². The van der Waals surface area contributed by atoms with E-state index in [0.717, 1.165) is 21.4 Å². The summed E-state index contributed by atoms with van der Waals surface area (Å²) in [5.74, 6) is 1.70. The number of rotatable bonds is 6. The van der Waals surface area contributed by atoms with Crippen molar-refractivity contribution >= 4 is 45.9 Å². The highest BCUT2D eigenvalue weighted by Gasteiger charge is 2.10. The second-order valence-electron chi connectivity index (χ2n) is 3.89. The molecule has 0 spiro atoms. The van der Waals surface area contributed by atoms with E-state index in [2.05, 4.69) is 22.4 Å². The first kappa shape index (κ1) is 15.3. The molecule has 0 aliphatic carbocycles. The molecule has 0 fully saturated rings. The number of benzene rings is 1. The SMILES string of the molecule is CCSc1nnc(NC(=O)c2cccc(CSC)c2)s1. The Morgan fingerprint density at radius 1 is 1.40 bits per heavy atom. The average Bonchev–Trinajstić information content (AvgIpc) is 2.87. The highest BCUT2D eigenvalue weighted by atomic mass is 32.2. The van der Waals surface area contributed by atoms with E-state index in [-0.39, 0.29) is 5.91 Å². The smallest absolute Gasteiger partial charge is 0.257 e. The zero-order valence-corrected chi connectivity index (χ0v) is 13.7. The minimum Gasteiger partial charge on any atom is -0.296 e. The van der Waals surface area contributed by atoms with Crippen LogP contribution in [0.3, 0.4) is 0 Å². The molecule has 2 rings (SSSR count). The van der Waals surface area contributed by atoms with Gasteiger partial charge in [-0.25, -0.2) is 0 Å². The predicted octanol–water partition coefficient (Wildman–Crippen LogP) is 3.77. The molecular weight excluding hydrogens is 310 g/mol. The Hall–Kier alpha value is -1.05. The molecule has 106 valence electrons. The van der Waals surface area contributed by atoms with Gasteiger partial charge in [-0.3, -0.25) is 10.1 Å². The number of amides is 1. The van der Waals surface area contributed by atoms with Crippen LogP contribution in [0.4, 0.5) is 5.13 Å². The molecule has 0 aliphatic heterocycles. The summed E-state index contributed by atoms with van der Waals surface area (Å²) in [4.78, 5) is 12.2. The van der Waals surface area contributed by atoms with Crippen LogP contribution in [0.25, 0.3) is 0 Å². The third-order valence-electron chi connectivity index (χ3n) is 2.39. The summed E-state index contributed by atoms with van der Waals surface area (Å²) in [6.07, 6.45) is 2.04. The van der Waals surface area contributed by atoms with Crippen LogP contribution in [0.5, 0.6) is 0 Å². The third-order valence-corrected chi connectivity index (χ3v) is 4.87. The lowest BCUT2D eigenvalue weighted by Crippen LogP contribution is -2.11. The first-order valence-electron chi connectivity index (χ1n) is 6.08. The van der Waals surface area contributed by atoms with E-state index >= 15 is 0 Å². The molecule has 7 heteroatoms. The summed E-state index contributed by atoms with van der Waals surface area (Å²) in [5.41, 5.74) is 1.79. The van der Waals surface area contributed by atoms with Crippen LogP contribution in [-0.2, 0) is 5.75 Å². The predicted molar refractivity (Wildman–Crippen MR) is 87.9 cm³/mol. The third kappa shape index (κ3) is 4.22. The van der Waals surface area contributed by atoms with Crippen LogP contribution >= 0.6 is 34.9 Å². The number of hydrogen-bond acceptors (Lipinski definition) is 6. The molecule has 1 aromatic carbocycles. The fourth-order valence-corrected chi connectivity index (χ4v) is 3.74. The lowest BCUT2D eigenvalue weighted by molar-refractivity contribution is 0.102. The number of carbonyl (C=O) groups excluding carboxylic acids is 1. The highest BCUT2D eigenvalue weighted by molar-refractivity contribution is 8.01. The van der Waals surface area contributed by atoms with Gasteiger partial charge in [-0.2, -0.15) is 11.8 Å². The molecule has 1 N–H and O–H groups in total. The molecule has 0 saturated carbocycles. The summed E-state index contributed by atoms with van der Waals surface area (Å²) in [7, 11) is 0. The van der Waals surface area contributed by atoms with Gasteiger partial charge in [0.2, 0.25) is 5.13 Å². The second-order valence-corrected chi connectivity index (χ2v) is 7.25. The number of hydrogen-bond donors (Lipinski definition) is 1. The van der Waals surface area contributed by atoms with Crippen molar-refractivity contribution in [2.45, 2.75) is 17.0 Å². The summed E-state index contributed by atoms with van der Waals surface area (Å²) in [6, 6.07) is 7.64. The fourth-order valence-electron chi connectivity index (χ4n) is 1.58. The Bertz CT molecular complexity index is 586. The summed E-state index contributed by atoms with van der Waals surface area (Å²) in [6.45, 7) is 2.06. The monoisotopic (exact) mass is 325 g/mol. The van der Waals surface area contributed by atoms with E-state index in [1.54, 1.807) is 23.5 Å². The molecule has 1 heterocycles. The Balaban J connectivity index is 2.05. The van der Waals surface area contributed by atoms with Crippen molar-refractivity contribution < 1.29 is 4.79 Å². The minimum atomic E-state index is -0.142. The molecule has 0 radical (unpaired) electrons. The lowest BCUT2D eigenvalue weighted by Gasteiger charge is -2.03. The zero-order valence-electron chi connectivity index (χ0n) is 11.3. The van der Waals surface area contributed by atoms with Crippen LogP contribution < -0.4 is 5.32 Å². The molecule has 2 aromatic rings. The van der Waals surface area contributed by atoms with Gasteiger partial charge in [-0.15, -0.1) is 10.2 Å². The number of nitrogens with one attached hydrogen (secondary N) is 1. The lowest BCUT2D eigenvalue weighted by atomic mass is 10.1.